The number of hydrogen-bond acceptors (Lipinski definition) is 2. The van der Waals surface area contributed by atoms with Crippen LogP contribution in [0, 0.1) is 46.3 Å². The third-order valence-corrected chi connectivity index (χ3v) is 11.5. The molecule has 4 nitrogen and oxygen atoms in total. The van der Waals surface area contributed by atoms with E-state index in [1.165, 1.54) is 51.4 Å². The number of carbonyl (C=O) groups is 2. The number of carbonyl (C=O) groups excluding carboxylic acids is 2. The van der Waals surface area contributed by atoms with Crippen LogP contribution >= 0.6 is 0 Å². The molecule has 32 heavy (non-hydrogen) atoms. The van der Waals surface area contributed by atoms with Crippen molar-refractivity contribution < 1.29 is 9.59 Å². The number of nitrogens with zero attached hydrogens (tertiary/aromatic N) is 2. The Balaban J connectivity index is 1.04. The van der Waals surface area contributed by atoms with Crippen LogP contribution in [0.2, 0.25) is 0 Å². The van der Waals surface area contributed by atoms with Gasteiger partial charge in [-0.15, -0.1) is 0 Å². The van der Waals surface area contributed by atoms with Crippen LogP contribution in [0.1, 0.15) is 89.9 Å². The minimum atomic E-state index is -0.0527. The highest BCUT2D eigenvalue weighted by Gasteiger charge is 2.55. The van der Waals surface area contributed by atoms with Gasteiger partial charge in [-0.3, -0.25) is 9.59 Å². The first-order valence-electron chi connectivity index (χ1n) is 14.1. The minimum absolute atomic E-state index is 0.0449. The first kappa shape index (κ1) is 20.3. The summed E-state index contributed by atoms with van der Waals surface area (Å²) < 4.78 is 0. The fourth-order valence-electron chi connectivity index (χ4n) is 10.7. The summed E-state index contributed by atoms with van der Waals surface area (Å²) in [5.74, 6) is 5.85. The maximum Gasteiger partial charge on any atom is 0.228 e. The van der Waals surface area contributed by atoms with Crippen molar-refractivity contribution in [2.75, 3.05) is 26.2 Å². The predicted molar refractivity (Wildman–Crippen MR) is 124 cm³/mol. The summed E-state index contributed by atoms with van der Waals surface area (Å²) in [5.41, 5.74) is -0.0976. The van der Waals surface area contributed by atoms with Crippen molar-refractivity contribution in [2.24, 2.45) is 46.3 Å². The molecule has 6 atom stereocenters. The quantitative estimate of drug-likeness (QED) is 0.617. The zero-order valence-electron chi connectivity index (χ0n) is 19.9. The molecular formula is C28H42N2O2. The van der Waals surface area contributed by atoms with Crippen molar-refractivity contribution in [3.8, 4) is 0 Å². The molecule has 1 aliphatic heterocycles. The average molecular weight is 439 g/mol. The zero-order valence-corrected chi connectivity index (χ0v) is 19.9. The van der Waals surface area contributed by atoms with Crippen LogP contribution in [0.4, 0.5) is 0 Å². The molecule has 2 amide bonds. The normalized spacial score (nSPS) is 49.2. The lowest BCUT2D eigenvalue weighted by molar-refractivity contribution is -0.157. The molecule has 0 radical (unpaired) electrons. The number of rotatable bonds is 2. The van der Waals surface area contributed by atoms with Gasteiger partial charge in [-0.05, 0) is 113 Å². The molecule has 0 aromatic rings. The van der Waals surface area contributed by atoms with Crippen molar-refractivity contribution >= 4 is 11.8 Å². The van der Waals surface area contributed by atoms with Gasteiger partial charge in [-0.1, -0.05) is 12.8 Å². The summed E-state index contributed by atoms with van der Waals surface area (Å²) >= 11 is 0. The second-order valence-electron chi connectivity index (χ2n) is 13.7. The fraction of sp³-hybridized carbons (Fsp3) is 0.929. The van der Waals surface area contributed by atoms with Gasteiger partial charge >= 0.3 is 0 Å². The molecule has 8 bridgehead atoms. The molecule has 9 fully saturated rings. The number of amides is 2. The van der Waals surface area contributed by atoms with Crippen LogP contribution in [0.15, 0.2) is 0 Å². The molecule has 1 heterocycles. The lowest BCUT2D eigenvalue weighted by Crippen LogP contribution is -2.58. The summed E-state index contributed by atoms with van der Waals surface area (Å²) in [6, 6.07) is 0. The zero-order chi connectivity index (χ0) is 21.5. The van der Waals surface area contributed by atoms with Gasteiger partial charge in [0.25, 0.3) is 0 Å². The Hall–Kier alpha value is -1.06. The Morgan fingerprint density at radius 2 is 0.906 bits per heavy atom. The molecular weight excluding hydrogens is 396 g/mol. The van der Waals surface area contributed by atoms with Gasteiger partial charge in [0.05, 0.1) is 5.41 Å². The first-order valence-corrected chi connectivity index (χ1v) is 14.1. The Bertz CT molecular complexity index is 733. The van der Waals surface area contributed by atoms with E-state index in [0.717, 1.165) is 100 Å². The summed E-state index contributed by atoms with van der Waals surface area (Å²) in [5, 5.41) is 0. The van der Waals surface area contributed by atoms with E-state index < -0.39 is 0 Å². The average Bonchev–Trinajstić information content (AvgIpc) is 3.14. The van der Waals surface area contributed by atoms with Gasteiger partial charge in [-0.2, -0.15) is 0 Å². The van der Waals surface area contributed by atoms with Crippen LogP contribution in [-0.2, 0) is 9.59 Å². The second-order valence-corrected chi connectivity index (χ2v) is 13.7. The topological polar surface area (TPSA) is 40.6 Å². The Morgan fingerprint density at radius 1 is 0.500 bits per heavy atom. The lowest BCUT2D eigenvalue weighted by Gasteiger charge is -2.50. The van der Waals surface area contributed by atoms with Crippen LogP contribution in [0.25, 0.3) is 0 Å². The fourth-order valence-corrected chi connectivity index (χ4v) is 10.7. The largest absolute Gasteiger partial charge is 0.339 e. The van der Waals surface area contributed by atoms with Crippen LogP contribution < -0.4 is 0 Å². The maximum atomic E-state index is 13.9. The third-order valence-electron chi connectivity index (χ3n) is 11.5. The maximum absolute atomic E-state index is 13.9. The molecule has 8 aliphatic carbocycles. The number of piperazine rings is 1. The summed E-state index contributed by atoms with van der Waals surface area (Å²) in [7, 11) is 0. The molecule has 0 spiro atoms. The van der Waals surface area contributed by atoms with E-state index in [1.807, 2.05) is 0 Å². The molecule has 9 rings (SSSR count). The van der Waals surface area contributed by atoms with E-state index in [-0.39, 0.29) is 10.8 Å². The molecule has 9 aliphatic rings. The predicted octanol–water partition coefficient (Wildman–Crippen LogP) is 4.87. The summed E-state index contributed by atoms with van der Waals surface area (Å²) in [4.78, 5) is 32.1. The highest BCUT2D eigenvalue weighted by molar-refractivity contribution is 5.85. The summed E-state index contributed by atoms with van der Waals surface area (Å²) in [6.07, 6.45) is 17.9. The molecule has 2 unspecified atom stereocenters. The Morgan fingerprint density at radius 3 is 1.47 bits per heavy atom. The number of fused-ring (bicyclic) bond motifs is 2. The smallest absolute Gasteiger partial charge is 0.228 e. The molecule has 0 N–H and O–H groups in total. The van der Waals surface area contributed by atoms with E-state index in [0.29, 0.717) is 11.8 Å². The van der Waals surface area contributed by atoms with Crippen molar-refractivity contribution in [3.05, 3.63) is 0 Å². The van der Waals surface area contributed by atoms with Gasteiger partial charge in [0.2, 0.25) is 11.8 Å². The van der Waals surface area contributed by atoms with Gasteiger partial charge in [0, 0.05) is 31.6 Å². The molecule has 4 heteroatoms. The highest BCUT2D eigenvalue weighted by Crippen LogP contribution is 2.59. The summed E-state index contributed by atoms with van der Waals surface area (Å²) in [6.45, 7) is 3.10. The SMILES string of the molecule is O=C(N1CCN(C(=O)C23CC4C[C@H](CC[C@@H](C4)C2)C3)CC1)C12CCC3C[C@H](C[C@H](C3)C1)C2. The van der Waals surface area contributed by atoms with E-state index >= 15 is 0 Å². The molecule has 1 saturated heterocycles. The molecule has 176 valence electrons. The van der Waals surface area contributed by atoms with Gasteiger partial charge in [-0.25, -0.2) is 0 Å². The highest BCUT2D eigenvalue weighted by atomic mass is 16.2. The first-order chi connectivity index (χ1) is 15.5. The molecule has 0 aromatic heterocycles. The van der Waals surface area contributed by atoms with Crippen LogP contribution in [0.5, 0.6) is 0 Å². The minimum Gasteiger partial charge on any atom is -0.339 e. The van der Waals surface area contributed by atoms with Crippen molar-refractivity contribution in [2.45, 2.75) is 89.9 Å². The monoisotopic (exact) mass is 438 g/mol. The standard InChI is InChI=1S/C28H42N2O2/c31-25(27-4-3-19-9-22(16-27)13-23(10-19)17-27)29-5-7-30(8-6-29)26(32)28-14-20-1-2-21(15-28)12-24(11-20)18-28/h19-24H,1-18H2/t19?,20-,21-,22-,23+,24?,27?,28?/m0/s1. The van der Waals surface area contributed by atoms with Crippen molar-refractivity contribution in [1.82, 2.24) is 9.80 Å². The van der Waals surface area contributed by atoms with E-state index in [1.54, 1.807) is 0 Å². The molecule has 8 saturated carbocycles. The van der Waals surface area contributed by atoms with Gasteiger partial charge in [0.15, 0.2) is 0 Å². The second kappa shape index (κ2) is 7.22. The van der Waals surface area contributed by atoms with E-state index in [2.05, 4.69) is 9.80 Å². The van der Waals surface area contributed by atoms with Crippen molar-refractivity contribution in [1.29, 1.82) is 0 Å². The lowest BCUT2D eigenvalue weighted by atomic mass is 9.58. The van der Waals surface area contributed by atoms with Gasteiger partial charge < -0.3 is 9.80 Å². The Labute approximate surface area is 193 Å². The van der Waals surface area contributed by atoms with E-state index in [9.17, 15) is 9.59 Å². The molecule has 0 aromatic carbocycles. The van der Waals surface area contributed by atoms with Crippen molar-refractivity contribution in [3.63, 3.8) is 0 Å². The van der Waals surface area contributed by atoms with Crippen LogP contribution in [-0.4, -0.2) is 47.8 Å². The Kier molecular flexibility index (Phi) is 4.58. The van der Waals surface area contributed by atoms with Crippen LogP contribution in [0.3, 0.4) is 0 Å². The van der Waals surface area contributed by atoms with E-state index in [4.69, 9.17) is 0 Å². The number of hydrogen-bond donors (Lipinski definition) is 0. The van der Waals surface area contributed by atoms with Gasteiger partial charge in [0.1, 0.15) is 0 Å². The third kappa shape index (κ3) is 3.13.